The highest BCUT2D eigenvalue weighted by atomic mass is 16.1. The summed E-state index contributed by atoms with van der Waals surface area (Å²) in [5.74, 6) is -0.104. The Labute approximate surface area is 111 Å². The van der Waals surface area contributed by atoms with Gasteiger partial charge in [0, 0.05) is 18.9 Å². The zero-order chi connectivity index (χ0) is 14.6. The summed E-state index contributed by atoms with van der Waals surface area (Å²) in [5.41, 5.74) is 1.51. The van der Waals surface area contributed by atoms with Crippen LogP contribution in [-0.2, 0) is 7.05 Å². The molecule has 0 aliphatic carbocycles. The zero-order valence-corrected chi connectivity index (χ0v) is 12.7. The van der Waals surface area contributed by atoms with Crippen LogP contribution in [0.3, 0.4) is 0 Å². The first-order chi connectivity index (χ1) is 8.67. The van der Waals surface area contributed by atoms with Gasteiger partial charge in [0.25, 0.3) is 5.91 Å². The molecular formula is C14H27N3O. The number of rotatable bonds is 3. The van der Waals surface area contributed by atoms with E-state index in [2.05, 4.69) is 10.4 Å². The van der Waals surface area contributed by atoms with Crippen LogP contribution in [0.1, 0.15) is 58.3 Å². The number of carbonyl (C=O) groups excluding carboxylic acids is 1. The zero-order valence-electron chi connectivity index (χ0n) is 12.7. The minimum absolute atomic E-state index is 0.104. The van der Waals surface area contributed by atoms with Crippen LogP contribution in [0.2, 0.25) is 0 Å². The van der Waals surface area contributed by atoms with Crippen molar-refractivity contribution in [2.45, 2.75) is 48.0 Å². The molecule has 0 fully saturated rings. The van der Waals surface area contributed by atoms with Crippen molar-refractivity contribution in [3.8, 4) is 0 Å². The summed E-state index contributed by atoms with van der Waals surface area (Å²) in [7, 11) is 1.78. The van der Waals surface area contributed by atoms with Crippen molar-refractivity contribution >= 4 is 5.91 Å². The summed E-state index contributed by atoms with van der Waals surface area (Å²) in [4.78, 5) is 11.6. The van der Waals surface area contributed by atoms with Crippen LogP contribution in [0, 0.1) is 0 Å². The maximum Gasteiger partial charge on any atom is 0.258 e. The van der Waals surface area contributed by atoms with Crippen LogP contribution < -0.4 is 5.32 Å². The highest BCUT2D eigenvalue weighted by Gasteiger charge is 2.07. The fourth-order valence-corrected chi connectivity index (χ4v) is 1.12. The van der Waals surface area contributed by atoms with Crippen molar-refractivity contribution in [1.82, 2.24) is 15.1 Å². The fraction of sp³-hybridized carbons (Fsp3) is 0.571. The topological polar surface area (TPSA) is 46.9 Å². The summed E-state index contributed by atoms with van der Waals surface area (Å²) in [6.45, 7) is 11.9. The molecule has 1 rings (SSSR count). The van der Waals surface area contributed by atoms with E-state index in [-0.39, 0.29) is 5.91 Å². The third kappa shape index (κ3) is 6.89. The second-order valence-electron chi connectivity index (χ2n) is 3.02. The summed E-state index contributed by atoms with van der Waals surface area (Å²) >= 11 is 0. The molecule has 104 valence electrons. The molecule has 4 nitrogen and oxygen atoms in total. The minimum atomic E-state index is -0.104. The van der Waals surface area contributed by atoms with Crippen LogP contribution >= 0.6 is 0 Å². The van der Waals surface area contributed by atoms with Gasteiger partial charge in [0.15, 0.2) is 0 Å². The van der Waals surface area contributed by atoms with Gasteiger partial charge in [-0.1, -0.05) is 40.7 Å². The largest absolute Gasteiger partial charge is 0.326 e. The molecule has 1 N–H and O–H groups in total. The molecule has 0 aliphatic rings. The monoisotopic (exact) mass is 253 g/mol. The van der Waals surface area contributed by atoms with Crippen molar-refractivity contribution in [3.05, 3.63) is 29.7 Å². The third-order valence-corrected chi connectivity index (χ3v) is 1.97. The van der Waals surface area contributed by atoms with Crippen molar-refractivity contribution in [1.29, 1.82) is 0 Å². The second-order valence-corrected chi connectivity index (χ2v) is 3.02. The molecule has 0 unspecified atom stereocenters. The number of amides is 1. The van der Waals surface area contributed by atoms with E-state index in [1.807, 2.05) is 47.6 Å². The lowest BCUT2D eigenvalue weighted by Crippen LogP contribution is -2.21. The average Bonchev–Trinajstić information content (AvgIpc) is 2.87. The quantitative estimate of drug-likeness (QED) is 0.896. The van der Waals surface area contributed by atoms with Crippen LogP contribution in [0.5, 0.6) is 0 Å². The van der Waals surface area contributed by atoms with Crippen molar-refractivity contribution < 1.29 is 4.79 Å². The van der Waals surface area contributed by atoms with Gasteiger partial charge in [-0.3, -0.25) is 9.48 Å². The van der Waals surface area contributed by atoms with E-state index in [1.165, 1.54) is 0 Å². The molecule has 0 radical (unpaired) electrons. The van der Waals surface area contributed by atoms with E-state index in [1.54, 1.807) is 24.1 Å². The SMILES string of the molecule is C/C=C(\CC)NC(=O)c1cnn(C)c1.CC.CC. The van der Waals surface area contributed by atoms with E-state index < -0.39 is 0 Å². The Hall–Kier alpha value is -1.58. The first kappa shape index (κ1) is 18.8. The number of allylic oxidation sites excluding steroid dienone is 2. The third-order valence-electron chi connectivity index (χ3n) is 1.97. The summed E-state index contributed by atoms with van der Waals surface area (Å²) in [5, 5.41) is 6.75. The summed E-state index contributed by atoms with van der Waals surface area (Å²) < 4.78 is 1.61. The van der Waals surface area contributed by atoms with E-state index in [0.717, 1.165) is 12.1 Å². The number of hydrogen-bond donors (Lipinski definition) is 1. The molecule has 0 aromatic carbocycles. The van der Waals surface area contributed by atoms with E-state index in [4.69, 9.17) is 0 Å². The number of nitrogens with zero attached hydrogens (tertiary/aromatic N) is 2. The number of carbonyl (C=O) groups is 1. The van der Waals surface area contributed by atoms with Crippen LogP contribution in [0.4, 0.5) is 0 Å². The summed E-state index contributed by atoms with van der Waals surface area (Å²) in [6.07, 6.45) is 5.97. The number of aromatic nitrogens is 2. The van der Waals surface area contributed by atoms with E-state index >= 15 is 0 Å². The van der Waals surface area contributed by atoms with Gasteiger partial charge < -0.3 is 5.32 Å². The minimum Gasteiger partial charge on any atom is -0.326 e. The van der Waals surface area contributed by atoms with Gasteiger partial charge in [-0.15, -0.1) is 0 Å². The molecular weight excluding hydrogens is 226 g/mol. The van der Waals surface area contributed by atoms with Crippen molar-refractivity contribution in [2.75, 3.05) is 0 Å². The van der Waals surface area contributed by atoms with Gasteiger partial charge in [-0.2, -0.15) is 5.10 Å². The molecule has 0 spiro atoms. The standard InChI is InChI=1S/C10H15N3O.2C2H6/c1-4-9(5-2)12-10(14)8-6-11-13(3)7-8;2*1-2/h4,6-7H,5H2,1-3H3,(H,12,14);2*1-2H3/b9-4+;;. The van der Waals surface area contributed by atoms with Gasteiger partial charge in [0.05, 0.1) is 11.8 Å². The first-order valence-electron chi connectivity index (χ1n) is 6.62. The Morgan fingerprint density at radius 3 is 2.28 bits per heavy atom. The molecule has 18 heavy (non-hydrogen) atoms. The van der Waals surface area contributed by atoms with Crippen molar-refractivity contribution in [2.24, 2.45) is 7.05 Å². The highest BCUT2D eigenvalue weighted by Crippen LogP contribution is 2.00. The van der Waals surface area contributed by atoms with E-state index in [9.17, 15) is 4.79 Å². The molecule has 1 heterocycles. The normalized spacial score (nSPS) is 9.61. The molecule has 0 aliphatic heterocycles. The number of aryl methyl sites for hydroxylation is 1. The lowest BCUT2D eigenvalue weighted by atomic mass is 10.3. The fourth-order valence-electron chi connectivity index (χ4n) is 1.12. The molecule has 0 saturated heterocycles. The number of nitrogens with one attached hydrogen (secondary N) is 1. The molecule has 1 aromatic heterocycles. The van der Waals surface area contributed by atoms with Crippen LogP contribution in [0.25, 0.3) is 0 Å². The van der Waals surface area contributed by atoms with Crippen molar-refractivity contribution in [3.63, 3.8) is 0 Å². The Balaban J connectivity index is 0. The Morgan fingerprint density at radius 1 is 1.39 bits per heavy atom. The van der Waals surface area contributed by atoms with Crippen LogP contribution in [0.15, 0.2) is 24.2 Å². The smallest absolute Gasteiger partial charge is 0.258 e. The molecule has 0 saturated carbocycles. The average molecular weight is 253 g/mol. The first-order valence-corrected chi connectivity index (χ1v) is 6.62. The lowest BCUT2D eigenvalue weighted by molar-refractivity contribution is 0.0964. The Kier molecular flexibility index (Phi) is 12.4. The second kappa shape index (κ2) is 11.9. The summed E-state index contributed by atoms with van der Waals surface area (Å²) in [6, 6.07) is 0. The maximum atomic E-state index is 11.6. The molecule has 0 atom stereocenters. The van der Waals surface area contributed by atoms with Gasteiger partial charge in [-0.25, -0.2) is 0 Å². The predicted octanol–water partition coefficient (Wildman–Crippen LogP) is 3.52. The molecule has 1 aromatic rings. The molecule has 0 bridgehead atoms. The Morgan fingerprint density at radius 2 is 1.94 bits per heavy atom. The lowest BCUT2D eigenvalue weighted by Gasteiger charge is -2.04. The van der Waals surface area contributed by atoms with E-state index in [0.29, 0.717) is 5.56 Å². The van der Waals surface area contributed by atoms with Gasteiger partial charge >= 0.3 is 0 Å². The number of hydrogen-bond acceptors (Lipinski definition) is 2. The Bertz CT molecular complexity index is 354. The van der Waals surface area contributed by atoms with Gasteiger partial charge in [0.1, 0.15) is 0 Å². The van der Waals surface area contributed by atoms with Gasteiger partial charge in [-0.05, 0) is 13.3 Å². The predicted molar refractivity (Wildman–Crippen MR) is 77.4 cm³/mol. The maximum absolute atomic E-state index is 11.6. The highest BCUT2D eigenvalue weighted by molar-refractivity contribution is 5.94. The molecule has 1 amide bonds. The van der Waals surface area contributed by atoms with Crippen LogP contribution in [-0.4, -0.2) is 15.7 Å². The molecule has 4 heteroatoms. The van der Waals surface area contributed by atoms with Gasteiger partial charge in [0.2, 0.25) is 0 Å².